The highest BCUT2D eigenvalue weighted by molar-refractivity contribution is 5.55. The summed E-state index contributed by atoms with van der Waals surface area (Å²) in [5, 5.41) is 14.8. The smallest absolute Gasteiger partial charge is 0.143 e. The van der Waals surface area contributed by atoms with Crippen LogP contribution in [0.2, 0.25) is 0 Å². The molecule has 3 N–H and O–H groups in total. The van der Waals surface area contributed by atoms with Crippen LogP contribution in [0, 0.1) is 6.92 Å². The topological polar surface area (TPSA) is 81.6 Å². The fourth-order valence-electron chi connectivity index (χ4n) is 2.60. The normalized spacial score (nSPS) is 22.6. The summed E-state index contributed by atoms with van der Waals surface area (Å²) in [6.07, 6.45) is 4.88. The second-order valence-corrected chi connectivity index (χ2v) is 5.17. The third kappa shape index (κ3) is 2.58. The van der Waals surface area contributed by atoms with Crippen molar-refractivity contribution in [1.82, 2.24) is 20.2 Å². The Morgan fingerprint density at radius 1 is 1.37 bits per heavy atom. The molecule has 0 aliphatic heterocycles. The van der Waals surface area contributed by atoms with Crippen LogP contribution in [0.15, 0.2) is 24.5 Å². The first kappa shape index (κ1) is 12.1. The van der Waals surface area contributed by atoms with Crippen molar-refractivity contribution in [3.63, 3.8) is 0 Å². The molecule has 1 aromatic heterocycles. The fourth-order valence-corrected chi connectivity index (χ4v) is 2.60. The predicted octanol–water partition coefficient (Wildman–Crippen LogP) is 1.26. The van der Waals surface area contributed by atoms with E-state index in [0.717, 1.165) is 36.2 Å². The highest BCUT2D eigenvalue weighted by atomic mass is 15.5. The van der Waals surface area contributed by atoms with Crippen molar-refractivity contribution in [3.05, 3.63) is 30.1 Å². The molecule has 1 saturated carbocycles. The lowest BCUT2D eigenvalue weighted by Crippen LogP contribution is -2.20. The first-order valence-corrected chi connectivity index (χ1v) is 6.58. The summed E-state index contributed by atoms with van der Waals surface area (Å²) in [5.41, 5.74) is 9.17. The Balaban J connectivity index is 1.81. The number of nitrogens with two attached hydrogens (primary N) is 1. The summed E-state index contributed by atoms with van der Waals surface area (Å²) in [4.78, 5) is 0. The van der Waals surface area contributed by atoms with Crippen LogP contribution < -0.4 is 11.1 Å². The van der Waals surface area contributed by atoms with Crippen molar-refractivity contribution in [2.24, 2.45) is 5.73 Å². The average Bonchev–Trinajstić information content (AvgIpc) is 3.03. The standard InChI is InChI=1S/C13H18N6/c1-9-2-4-12(16-11-5-3-10(14)6-11)7-13(9)19-8-15-17-18-19/h2,4,7-8,10-11,16H,3,5-6,14H2,1H3. The van der Waals surface area contributed by atoms with Gasteiger partial charge in [0.2, 0.25) is 0 Å². The summed E-state index contributed by atoms with van der Waals surface area (Å²) in [7, 11) is 0. The molecule has 2 aromatic rings. The molecule has 19 heavy (non-hydrogen) atoms. The van der Waals surface area contributed by atoms with Crippen molar-refractivity contribution < 1.29 is 0 Å². The van der Waals surface area contributed by atoms with Crippen molar-refractivity contribution in [2.75, 3.05) is 5.32 Å². The highest BCUT2D eigenvalue weighted by Gasteiger charge is 2.21. The van der Waals surface area contributed by atoms with Crippen LogP contribution >= 0.6 is 0 Å². The van der Waals surface area contributed by atoms with Gasteiger partial charge >= 0.3 is 0 Å². The molecule has 2 unspecified atom stereocenters. The molecule has 3 rings (SSSR count). The average molecular weight is 258 g/mol. The molecule has 1 aromatic carbocycles. The Labute approximate surface area is 112 Å². The summed E-state index contributed by atoms with van der Waals surface area (Å²) in [6, 6.07) is 7.05. The molecule has 6 heteroatoms. The highest BCUT2D eigenvalue weighted by Crippen LogP contribution is 2.24. The first-order valence-electron chi connectivity index (χ1n) is 6.58. The molecule has 1 heterocycles. The molecule has 0 saturated heterocycles. The molecule has 1 aliphatic rings. The first-order chi connectivity index (χ1) is 9.22. The molecule has 0 bridgehead atoms. The lowest BCUT2D eigenvalue weighted by molar-refractivity contribution is 0.688. The van der Waals surface area contributed by atoms with Gasteiger partial charge in [0.25, 0.3) is 0 Å². The van der Waals surface area contributed by atoms with E-state index in [1.807, 2.05) is 6.92 Å². The Bertz CT molecular complexity index is 550. The number of aryl methyl sites for hydroxylation is 1. The zero-order chi connectivity index (χ0) is 13.2. The molecular formula is C13H18N6. The monoisotopic (exact) mass is 258 g/mol. The summed E-state index contributed by atoms with van der Waals surface area (Å²) >= 11 is 0. The van der Waals surface area contributed by atoms with Gasteiger partial charge in [0, 0.05) is 17.8 Å². The Morgan fingerprint density at radius 2 is 2.26 bits per heavy atom. The molecule has 1 fully saturated rings. The van der Waals surface area contributed by atoms with Crippen LogP contribution in [-0.4, -0.2) is 32.3 Å². The van der Waals surface area contributed by atoms with Crippen LogP contribution in [0.5, 0.6) is 0 Å². The van der Waals surface area contributed by atoms with Gasteiger partial charge in [-0.2, -0.15) is 0 Å². The summed E-state index contributed by atoms with van der Waals surface area (Å²) in [6.45, 7) is 2.05. The van der Waals surface area contributed by atoms with Crippen LogP contribution in [0.4, 0.5) is 5.69 Å². The number of benzene rings is 1. The second kappa shape index (κ2) is 4.97. The third-order valence-electron chi connectivity index (χ3n) is 3.65. The largest absolute Gasteiger partial charge is 0.382 e. The van der Waals surface area contributed by atoms with E-state index in [2.05, 4.69) is 39.0 Å². The SMILES string of the molecule is Cc1ccc(NC2CCC(N)C2)cc1-n1cnnn1. The van der Waals surface area contributed by atoms with Gasteiger partial charge in [-0.15, -0.1) is 5.10 Å². The molecule has 0 amide bonds. The molecular weight excluding hydrogens is 240 g/mol. The van der Waals surface area contributed by atoms with Gasteiger partial charge in [0.1, 0.15) is 6.33 Å². The number of aromatic nitrogens is 4. The molecule has 1 aliphatic carbocycles. The van der Waals surface area contributed by atoms with Crippen LogP contribution in [0.3, 0.4) is 0 Å². The minimum Gasteiger partial charge on any atom is -0.382 e. The Morgan fingerprint density at radius 3 is 2.95 bits per heavy atom. The third-order valence-corrected chi connectivity index (χ3v) is 3.65. The van der Waals surface area contributed by atoms with Crippen molar-refractivity contribution in [2.45, 2.75) is 38.3 Å². The maximum atomic E-state index is 5.94. The Kier molecular flexibility index (Phi) is 3.16. The number of anilines is 1. The van der Waals surface area contributed by atoms with E-state index < -0.39 is 0 Å². The van der Waals surface area contributed by atoms with Gasteiger partial charge in [-0.25, -0.2) is 4.68 Å². The van der Waals surface area contributed by atoms with Gasteiger partial charge in [0.05, 0.1) is 5.69 Å². The fraction of sp³-hybridized carbons (Fsp3) is 0.462. The van der Waals surface area contributed by atoms with Gasteiger partial charge in [-0.3, -0.25) is 0 Å². The lowest BCUT2D eigenvalue weighted by Gasteiger charge is -2.15. The maximum absolute atomic E-state index is 5.94. The van der Waals surface area contributed by atoms with Crippen molar-refractivity contribution in [3.8, 4) is 5.69 Å². The van der Waals surface area contributed by atoms with Crippen LogP contribution in [0.1, 0.15) is 24.8 Å². The maximum Gasteiger partial charge on any atom is 0.143 e. The van der Waals surface area contributed by atoms with E-state index in [1.165, 1.54) is 0 Å². The van der Waals surface area contributed by atoms with Gasteiger partial charge in [0.15, 0.2) is 0 Å². The van der Waals surface area contributed by atoms with Crippen molar-refractivity contribution >= 4 is 5.69 Å². The Hall–Kier alpha value is -1.95. The number of hydrogen-bond acceptors (Lipinski definition) is 5. The van der Waals surface area contributed by atoms with Gasteiger partial charge in [-0.05, 0) is 54.3 Å². The minimum absolute atomic E-state index is 0.335. The van der Waals surface area contributed by atoms with Gasteiger partial charge in [-0.1, -0.05) is 6.07 Å². The molecule has 2 atom stereocenters. The number of nitrogens with one attached hydrogen (secondary N) is 1. The zero-order valence-electron chi connectivity index (χ0n) is 11.0. The molecule has 0 radical (unpaired) electrons. The van der Waals surface area contributed by atoms with E-state index in [9.17, 15) is 0 Å². The van der Waals surface area contributed by atoms with E-state index in [0.29, 0.717) is 12.1 Å². The minimum atomic E-state index is 0.335. The quantitative estimate of drug-likeness (QED) is 0.866. The van der Waals surface area contributed by atoms with E-state index in [4.69, 9.17) is 5.73 Å². The second-order valence-electron chi connectivity index (χ2n) is 5.17. The molecule has 100 valence electrons. The van der Waals surface area contributed by atoms with E-state index in [1.54, 1.807) is 11.0 Å². The molecule has 0 spiro atoms. The molecule has 6 nitrogen and oxygen atoms in total. The lowest BCUT2D eigenvalue weighted by atomic mass is 10.1. The number of nitrogens with zero attached hydrogens (tertiary/aromatic N) is 4. The van der Waals surface area contributed by atoms with Crippen LogP contribution in [-0.2, 0) is 0 Å². The predicted molar refractivity (Wildman–Crippen MR) is 73.1 cm³/mol. The number of hydrogen-bond donors (Lipinski definition) is 2. The summed E-state index contributed by atoms with van der Waals surface area (Å²) in [5.74, 6) is 0. The number of tetrazole rings is 1. The number of rotatable bonds is 3. The summed E-state index contributed by atoms with van der Waals surface area (Å²) < 4.78 is 1.68. The van der Waals surface area contributed by atoms with Crippen LogP contribution in [0.25, 0.3) is 5.69 Å². The van der Waals surface area contributed by atoms with Crippen molar-refractivity contribution in [1.29, 1.82) is 0 Å². The van der Waals surface area contributed by atoms with E-state index in [-0.39, 0.29) is 0 Å². The van der Waals surface area contributed by atoms with E-state index >= 15 is 0 Å². The zero-order valence-corrected chi connectivity index (χ0v) is 11.0. The van der Waals surface area contributed by atoms with Gasteiger partial charge < -0.3 is 11.1 Å².